The zero-order valence-corrected chi connectivity index (χ0v) is 20.5. The molecule has 0 fully saturated rings. The van der Waals surface area contributed by atoms with Crippen molar-refractivity contribution in [2.45, 2.75) is 64.2 Å². The minimum Gasteiger partial charge on any atom is -0.481 e. The summed E-state index contributed by atoms with van der Waals surface area (Å²) in [6.07, 6.45) is 10.6. The SMILES string of the molecule is O=C(O)CCCCCCCCCCC=P(c1ccccc1)(c1ccccc1)c1ccccc1. The van der Waals surface area contributed by atoms with Gasteiger partial charge in [0.2, 0.25) is 0 Å². The molecule has 3 heteroatoms. The molecule has 0 aliphatic carbocycles. The standard InChI is InChI=1S/C30H37O2P/c31-30(32)25-17-6-4-2-1-3-5-7-18-26-33(27-19-11-8-12-20-27,28-21-13-9-14-22-28)29-23-15-10-16-24-29/h8-16,19-24,26H,1-7,17-18,25H2,(H,31,32). The molecule has 0 heterocycles. The Morgan fingerprint density at radius 2 is 0.939 bits per heavy atom. The topological polar surface area (TPSA) is 37.3 Å². The first-order valence-electron chi connectivity index (χ1n) is 12.4. The lowest BCUT2D eigenvalue weighted by Gasteiger charge is -2.29. The van der Waals surface area contributed by atoms with E-state index < -0.39 is 12.9 Å². The van der Waals surface area contributed by atoms with E-state index in [-0.39, 0.29) is 0 Å². The van der Waals surface area contributed by atoms with Gasteiger partial charge in [-0.1, -0.05) is 135 Å². The van der Waals surface area contributed by atoms with Crippen LogP contribution in [0.5, 0.6) is 0 Å². The molecule has 2 nitrogen and oxygen atoms in total. The minimum atomic E-state index is -1.81. The van der Waals surface area contributed by atoms with Crippen molar-refractivity contribution in [1.82, 2.24) is 0 Å². The van der Waals surface area contributed by atoms with Crippen LogP contribution in [0.2, 0.25) is 0 Å². The zero-order valence-electron chi connectivity index (χ0n) is 19.6. The molecule has 3 rings (SSSR count). The molecular formula is C30H37O2P. The first-order chi connectivity index (χ1) is 16.2. The third kappa shape index (κ3) is 7.47. The fourth-order valence-electron chi connectivity index (χ4n) is 4.52. The van der Waals surface area contributed by atoms with E-state index in [1.54, 1.807) is 0 Å². The zero-order chi connectivity index (χ0) is 23.2. The highest BCUT2D eigenvalue weighted by molar-refractivity contribution is 7.94. The Morgan fingerprint density at radius 3 is 1.33 bits per heavy atom. The van der Waals surface area contributed by atoms with E-state index in [4.69, 9.17) is 5.11 Å². The number of hydrogen-bond donors (Lipinski definition) is 1. The van der Waals surface area contributed by atoms with E-state index in [1.807, 2.05) is 0 Å². The second-order valence-corrected chi connectivity index (χ2v) is 12.0. The maximum atomic E-state index is 10.6. The lowest BCUT2D eigenvalue weighted by molar-refractivity contribution is -0.137. The van der Waals surface area contributed by atoms with Crippen LogP contribution in [0, 0.1) is 0 Å². The summed E-state index contributed by atoms with van der Waals surface area (Å²) in [5.41, 5.74) is 0. The molecule has 3 aromatic rings. The summed E-state index contributed by atoms with van der Waals surface area (Å²) in [5, 5.41) is 13.0. The molecule has 0 aliphatic heterocycles. The lowest BCUT2D eigenvalue weighted by atomic mass is 10.1. The Hall–Kier alpha value is -2.57. The maximum absolute atomic E-state index is 10.6. The fourth-order valence-corrected chi connectivity index (χ4v) is 8.54. The van der Waals surface area contributed by atoms with Gasteiger partial charge in [0, 0.05) is 6.42 Å². The Morgan fingerprint density at radius 1 is 0.576 bits per heavy atom. The van der Waals surface area contributed by atoms with E-state index in [1.165, 1.54) is 48.0 Å². The molecule has 0 spiro atoms. The summed E-state index contributed by atoms with van der Waals surface area (Å²) in [4.78, 5) is 10.6. The van der Waals surface area contributed by atoms with Crippen LogP contribution < -0.4 is 15.9 Å². The molecule has 0 bridgehead atoms. The molecule has 0 aromatic heterocycles. The van der Waals surface area contributed by atoms with E-state index in [0.29, 0.717) is 6.42 Å². The summed E-state index contributed by atoms with van der Waals surface area (Å²) < 4.78 is 0. The molecular weight excluding hydrogens is 423 g/mol. The van der Waals surface area contributed by atoms with Crippen LogP contribution in [0.3, 0.4) is 0 Å². The Kier molecular flexibility index (Phi) is 10.5. The largest absolute Gasteiger partial charge is 0.481 e. The highest BCUT2D eigenvalue weighted by atomic mass is 31.2. The molecule has 3 aromatic carbocycles. The molecule has 0 saturated carbocycles. The van der Waals surface area contributed by atoms with E-state index >= 15 is 0 Å². The van der Waals surface area contributed by atoms with Crippen LogP contribution in [0.4, 0.5) is 0 Å². The molecule has 174 valence electrons. The van der Waals surface area contributed by atoms with Crippen LogP contribution in [-0.4, -0.2) is 16.9 Å². The van der Waals surface area contributed by atoms with Crippen LogP contribution in [-0.2, 0) is 4.79 Å². The van der Waals surface area contributed by atoms with E-state index in [2.05, 4.69) is 96.8 Å². The van der Waals surface area contributed by atoms with Crippen LogP contribution >= 0.6 is 6.89 Å². The van der Waals surface area contributed by atoms with Crippen LogP contribution in [0.1, 0.15) is 64.2 Å². The molecule has 1 N–H and O–H groups in total. The summed E-state index contributed by atoms with van der Waals surface area (Å²) in [6.45, 7) is -1.81. The van der Waals surface area contributed by atoms with Crippen LogP contribution in [0.15, 0.2) is 91.0 Å². The van der Waals surface area contributed by atoms with Crippen molar-refractivity contribution in [3.05, 3.63) is 91.0 Å². The van der Waals surface area contributed by atoms with Crippen molar-refractivity contribution in [2.24, 2.45) is 0 Å². The van der Waals surface area contributed by atoms with Crippen molar-refractivity contribution in [1.29, 1.82) is 0 Å². The van der Waals surface area contributed by atoms with Gasteiger partial charge in [-0.05, 0) is 42.1 Å². The van der Waals surface area contributed by atoms with Gasteiger partial charge in [-0.3, -0.25) is 4.79 Å². The second-order valence-electron chi connectivity index (χ2n) is 8.67. The van der Waals surface area contributed by atoms with Gasteiger partial charge in [-0.2, -0.15) is 0 Å². The number of hydrogen-bond acceptors (Lipinski definition) is 1. The summed E-state index contributed by atoms with van der Waals surface area (Å²) >= 11 is 0. The summed E-state index contributed by atoms with van der Waals surface area (Å²) in [6, 6.07) is 33.1. The molecule has 0 amide bonds. The molecule has 0 aliphatic rings. The third-order valence-corrected chi connectivity index (χ3v) is 10.4. The lowest BCUT2D eigenvalue weighted by Crippen LogP contribution is -2.26. The number of carbonyl (C=O) groups is 1. The van der Waals surface area contributed by atoms with Gasteiger partial charge in [-0.15, -0.1) is 0 Å². The summed E-state index contributed by atoms with van der Waals surface area (Å²) in [5.74, 6) is 1.96. The number of carboxylic acid groups (broad SMARTS) is 1. The van der Waals surface area contributed by atoms with Crippen molar-refractivity contribution in [2.75, 3.05) is 0 Å². The number of benzene rings is 3. The number of aliphatic carboxylic acids is 1. The molecule has 0 atom stereocenters. The van der Waals surface area contributed by atoms with Gasteiger partial charge >= 0.3 is 5.97 Å². The Balaban J connectivity index is 1.68. The van der Waals surface area contributed by atoms with Gasteiger partial charge in [0.05, 0.1) is 0 Å². The van der Waals surface area contributed by atoms with Crippen molar-refractivity contribution in [3.8, 4) is 0 Å². The minimum absolute atomic E-state index is 0.310. The fraction of sp³-hybridized carbons (Fsp3) is 0.333. The smallest absolute Gasteiger partial charge is 0.303 e. The van der Waals surface area contributed by atoms with Gasteiger partial charge in [0.1, 0.15) is 0 Å². The van der Waals surface area contributed by atoms with Crippen molar-refractivity contribution in [3.63, 3.8) is 0 Å². The van der Waals surface area contributed by atoms with Crippen molar-refractivity contribution >= 4 is 34.6 Å². The first-order valence-corrected chi connectivity index (χ1v) is 14.2. The van der Waals surface area contributed by atoms with Crippen LogP contribution in [0.25, 0.3) is 0 Å². The van der Waals surface area contributed by atoms with Crippen molar-refractivity contribution < 1.29 is 9.90 Å². The second kappa shape index (κ2) is 13.9. The predicted octanol–water partition coefficient (Wildman–Crippen LogP) is 6.77. The molecule has 0 unspecified atom stereocenters. The van der Waals surface area contributed by atoms with E-state index in [9.17, 15) is 4.79 Å². The average Bonchev–Trinajstić information content (AvgIpc) is 2.86. The normalized spacial score (nSPS) is 11.3. The molecule has 0 radical (unpaired) electrons. The number of unbranched alkanes of at least 4 members (excludes halogenated alkanes) is 8. The van der Waals surface area contributed by atoms with Gasteiger partial charge in [0.25, 0.3) is 0 Å². The quantitative estimate of drug-likeness (QED) is 0.213. The highest BCUT2D eigenvalue weighted by Gasteiger charge is 2.24. The first kappa shape index (κ1) is 25.1. The highest BCUT2D eigenvalue weighted by Crippen LogP contribution is 2.44. The third-order valence-electron chi connectivity index (χ3n) is 6.24. The number of rotatable bonds is 14. The van der Waals surface area contributed by atoms with Gasteiger partial charge in [0.15, 0.2) is 0 Å². The predicted molar refractivity (Wildman–Crippen MR) is 145 cm³/mol. The Labute approximate surface area is 199 Å². The molecule has 33 heavy (non-hydrogen) atoms. The monoisotopic (exact) mass is 460 g/mol. The maximum Gasteiger partial charge on any atom is 0.303 e. The summed E-state index contributed by atoms with van der Waals surface area (Å²) in [7, 11) is 0. The van der Waals surface area contributed by atoms with Gasteiger partial charge < -0.3 is 5.11 Å². The Bertz CT molecular complexity index is 894. The number of carboxylic acids is 1. The van der Waals surface area contributed by atoms with Gasteiger partial charge in [-0.25, -0.2) is 0 Å². The molecule has 0 saturated heterocycles. The van der Waals surface area contributed by atoms with E-state index in [0.717, 1.165) is 25.7 Å². The average molecular weight is 461 g/mol.